The summed E-state index contributed by atoms with van der Waals surface area (Å²) in [5, 5.41) is 0.668. The second-order valence-electron chi connectivity index (χ2n) is 7.36. The van der Waals surface area contributed by atoms with Gasteiger partial charge in [-0.05, 0) is 35.4 Å². The molecule has 0 saturated heterocycles. The summed E-state index contributed by atoms with van der Waals surface area (Å²) in [5.74, 6) is 0. The lowest BCUT2D eigenvalue weighted by Gasteiger charge is -2.15. The lowest BCUT2D eigenvalue weighted by atomic mass is 10.1. The third-order valence-electron chi connectivity index (χ3n) is 5.50. The highest BCUT2D eigenvalue weighted by Gasteiger charge is 2.24. The predicted molar refractivity (Wildman–Crippen MR) is 112 cm³/mol. The standard InChI is InChI=1S/C23H21N3O2S/c27-29(28,20-9-2-1-3-10-20)22-17-26(23-21(22)11-6-12-24-23)14-13-25-15-18-7-4-5-8-19(18)16-25/h1-12,17H,13-16H2. The third kappa shape index (κ3) is 3.24. The van der Waals surface area contributed by atoms with Gasteiger partial charge in [-0.3, -0.25) is 4.90 Å². The monoisotopic (exact) mass is 403 g/mol. The van der Waals surface area contributed by atoms with Gasteiger partial charge in [-0.1, -0.05) is 42.5 Å². The van der Waals surface area contributed by atoms with Crippen LogP contribution in [0.15, 0.2) is 88.9 Å². The summed E-state index contributed by atoms with van der Waals surface area (Å²) < 4.78 is 28.4. The summed E-state index contributed by atoms with van der Waals surface area (Å²) in [5.41, 5.74) is 3.45. The predicted octanol–water partition coefficient (Wildman–Crippen LogP) is 3.88. The maximum absolute atomic E-state index is 13.2. The van der Waals surface area contributed by atoms with Crippen LogP contribution in [0.1, 0.15) is 11.1 Å². The number of hydrogen-bond donors (Lipinski definition) is 0. The number of hydrogen-bond acceptors (Lipinski definition) is 4. The van der Waals surface area contributed by atoms with Gasteiger partial charge >= 0.3 is 0 Å². The average Bonchev–Trinajstić information content (AvgIpc) is 3.34. The summed E-state index contributed by atoms with van der Waals surface area (Å²) in [7, 11) is -3.60. The molecule has 0 saturated carbocycles. The van der Waals surface area contributed by atoms with E-state index >= 15 is 0 Å². The van der Waals surface area contributed by atoms with E-state index in [0.29, 0.717) is 27.4 Å². The van der Waals surface area contributed by atoms with Crippen LogP contribution in [0, 0.1) is 0 Å². The van der Waals surface area contributed by atoms with Gasteiger partial charge in [0, 0.05) is 44.0 Å². The Labute approximate surface area is 170 Å². The van der Waals surface area contributed by atoms with Crippen molar-refractivity contribution in [3.8, 4) is 0 Å². The van der Waals surface area contributed by atoms with E-state index in [1.54, 1.807) is 42.7 Å². The van der Waals surface area contributed by atoms with Crippen molar-refractivity contribution < 1.29 is 8.42 Å². The molecule has 4 aromatic rings. The Morgan fingerprint density at radius 1 is 0.828 bits per heavy atom. The van der Waals surface area contributed by atoms with Crippen molar-refractivity contribution in [1.82, 2.24) is 14.5 Å². The fraction of sp³-hybridized carbons (Fsp3) is 0.174. The molecule has 0 bridgehead atoms. The molecule has 29 heavy (non-hydrogen) atoms. The number of fused-ring (bicyclic) bond motifs is 2. The van der Waals surface area contributed by atoms with Gasteiger partial charge in [-0.25, -0.2) is 13.4 Å². The second kappa shape index (κ2) is 7.13. The topological polar surface area (TPSA) is 55.2 Å². The van der Waals surface area contributed by atoms with Gasteiger partial charge in [-0.2, -0.15) is 0 Å². The Morgan fingerprint density at radius 3 is 2.24 bits per heavy atom. The van der Waals surface area contributed by atoms with Gasteiger partial charge in [0.1, 0.15) is 5.65 Å². The van der Waals surface area contributed by atoms with Crippen LogP contribution < -0.4 is 0 Å². The van der Waals surface area contributed by atoms with Crippen molar-refractivity contribution in [2.75, 3.05) is 6.54 Å². The highest BCUT2D eigenvalue weighted by molar-refractivity contribution is 7.91. The Kier molecular flexibility index (Phi) is 4.45. The minimum Gasteiger partial charge on any atom is -0.330 e. The Hall–Kier alpha value is -2.96. The number of sulfone groups is 1. The molecule has 5 rings (SSSR count). The summed E-state index contributed by atoms with van der Waals surface area (Å²) in [4.78, 5) is 7.47. The zero-order chi connectivity index (χ0) is 19.8. The van der Waals surface area contributed by atoms with Crippen LogP contribution >= 0.6 is 0 Å². The smallest absolute Gasteiger partial charge is 0.208 e. The maximum Gasteiger partial charge on any atom is 0.208 e. The SMILES string of the molecule is O=S(=O)(c1ccccc1)c1cn(CCN2Cc3ccccc3C2)c2ncccc12. The lowest BCUT2D eigenvalue weighted by molar-refractivity contribution is 0.273. The molecule has 2 aromatic heterocycles. The van der Waals surface area contributed by atoms with Crippen molar-refractivity contribution in [2.45, 2.75) is 29.4 Å². The molecule has 0 aliphatic carbocycles. The van der Waals surface area contributed by atoms with Crippen molar-refractivity contribution >= 4 is 20.9 Å². The highest BCUT2D eigenvalue weighted by atomic mass is 32.2. The first kappa shape index (κ1) is 18.1. The molecule has 0 N–H and O–H groups in total. The van der Waals surface area contributed by atoms with E-state index in [2.05, 4.69) is 34.1 Å². The van der Waals surface area contributed by atoms with Crippen LogP contribution in [-0.2, 0) is 29.5 Å². The molecule has 1 aliphatic heterocycles. The maximum atomic E-state index is 13.2. The summed E-state index contributed by atoms with van der Waals surface area (Å²) >= 11 is 0. The molecule has 0 fully saturated rings. The van der Waals surface area contributed by atoms with Gasteiger partial charge < -0.3 is 4.57 Å². The van der Waals surface area contributed by atoms with E-state index in [9.17, 15) is 8.42 Å². The summed E-state index contributed by atoms with van der Waals surface area (Å²) in [6, 6.07) is 20.7. The number of benzene rings is 2. The Bertz CT molecular complexity index is 1250. The minimum atomic E-state index is -3.60. The van der Waals surface area contributed by atoms with E-state index < -0.39 is 9.84 Å². The molecule has 5 nitrogen and oxygen atoms in total. The first-order valence-corrected chi connectivity index (χ1v) is 11.1. The van der Waals surface area contributed by atoms with Crippen LogP contribution in [0.2, 0.25) is 0 Å². The van der Waals surface area contributed by atoms with Crippen molar-refractivity contribution in [3.63, 3.8) is 0 Å². The van der Waals surface area contributed by atoms with Gasteiger partial charge in [0.25, 0.3) is 0 Å². The molecule has 146 valence electrons. The second-order valence-corrected chi connectivity index (χ2v) is 9.28. The Morgan fingerprint density at radius 2 is 1.52 bits per heavy atom. The van der Waals surface area contributed by atoms with Crippen LogP contribution in [0.3, 0.4) is 0 Å². The minimum absolute atomic E-state index is 0.304. The highest BCUT2D eigenvalue weighted by Crippen LogP contribution is 2.29. The number of rotatable bonds is 5. The van der Waals surface area contributed by atoms with Gasteiger partial charge in [0.15, 0.2) is 0 Å². The molecule has 3 heterocycles. The molecule has 6 heteroatoms. The molecular formula is C23H21N3O2S. The zero-order valence-corrected chi connectivity index (χ0v) is 16.7. The van der Waals surface area contributed by atoms with Crippen LogP contribution in [0.5, 0.6) is 0 Å². The zero-order valence-electron chi connectivity index (χ0n) is 15.9. The van der Waals surface area contributed by atoms with Gasteiger partial charge in [-0.15, -0.1) is 0 Å². The molecule has 0 unspecified atom stereocenters. The van der Waals surface area contributed by atoms with Crippen molar-refractivity contribution in [2.24, 2.45) is 0 Å². The average molecular weight is 404 g/mol. The van der Waals surface area contributed by atoms with E-state index in [-0.39, 0.29) is 0 Å². The van der Waals surface area contributed by atoms with Crippen molar-refractivity contribution in [3.05, 3.63) is 90.3 Å². The van der Waals surface area contributed by atoms with E-state index in [1.165, 1.54) is 11.1 Å². The molecule has 0 amide bonds. The largest absolute Gasteiger partial charge is 0.330 e. The summed E-state index contributed by atoms with van der Waals surface area (Å²) in [6.07, 6.45) is 3.45. The van der Waals surface area contributed by atoms with E-state index in [4.69, 9.17) is 0 Å². The number of pyridine rings is 1. The van der Waals surface area contributed by atoms with Crippen LogP contribution in [0.4, 0.5) is 0 Å². The molecule has 0 atom stereocenters. The Balaban J connectivity index is 1.45. The fourth-order valence-corrected chi connectivity index (χ4v) is 5.50. The third-order valence-corrected chi connectivity index (χ3v) is 7.30. The van der Waals surface area contributed by atoms with Crippen molar-refractivity contribution in [1.29, 1.82) is 0 Å². The number of nitrogens with zero attached hydrogens (tertiary/aromatic N) is 3. The quantitative estimate of drug-likeness (QED) is 0.507. The first-order chi connectivity index (χ1) is 14.1. The van der Waals surface area contributed by atoms with E-state index in [0.717, 1.165) is 19.6 Å². The molecule has 2 aromatic carbocycles. The fourth-order valence-electron chi connectivity index (χ4n) is 4.01. The normalized spacial score (nSPS) is 14.3. The molecule has 0 radical (unpaired) electrons. The van der Waals surface area contributed by atoms with E-state index in [1.807, 2.05) is 16.7 Å². The number of aromatic nitrogens is 2. The lowest BCUT2D eigenvalue weighted by Crippen LogP contribution is -2.21. The van der Waals surface area contributed by atoms with Crippen LogP contribution in [0.25, 0.3) is 11.0 Å². The molecular weight excluding hydrogens is 382 g/mol. The van der Waals surface area contributed by atoms with Crippen LogP contribution in [-0.4, -0.2) is 29.4 Å². The molecule has 1 aliphatic rings. The first-order valence-electron chi connectivity index (χ1n) is 9.66. The van der Waals surface area contributed by atoms with Gasteiger partial charge in [0.2, 0.25) is 9.84 Å². The molecule has 0 spiro atoms. The summed E-state index contributed by atoms with van der Waals surface area (Å²) in [6.45, 7) is 3.38. The van der Waals surface area contributed by atoms with Gasteiger partial charge in [0.05, 0.1) is 9.79 Å².